The van der Waals surface area contributed by atoms with E-state index in [0.717, 1.165) is 58.5 Å². The lowest BCUT2D eigenvalue weighted by atomic mass is 10.2. The molecule has 0 aromatic carbocycles. The van der Waals surface area contributed by atoms with Gasteiger partial charge in [0.25, 0.3) is 0 Å². The summed E-state index contributed by atoms with van der Waals surface area (Å²) in [6.07, 6.45) is 3.60. The monoisotopic (exact) mass is 319 g/mol. The molecule has 4 rings (SSSR count). The third kappa shape index (κ3) is 2.19. The average molecular weight is 320 g/mol. The molecule has 108 valence electrons. The van der Waals surface area contributed by atoms with Crippen LogP contribution in [0.5, 0.6) is 0 Å². The van der Waals surface area contributed by atoms with Crippen LogP contribution < -0.4 is 10.2 Å². The second-order valence-corrected chi connectivity index (χ2v) is 6.28. The summed E-state index contributed by atoms with van der Waals surface area (Å²) >= 11 is 7.94. The van der Waals surface area contributed by atoms with Crippen LogP contribution in [0, 0.1) is 0 Å². The van der Waals surface area contributed by atoms with Gasteiger partial charge in [0.15, 0.2) is 0 Å². The van der Waals surface area contributed by atoms with Gasteiger partial charge in [0.05, 0.1) is 15.3 Å². The van der Waals surface area contributed by atoms with Crippen LogP contribution >= 0.6 is 22.9 Å². The number of aromatic nitrogens is 3. The Morgan fingerprint density at radius 2 is 2.10 bits per heavy atom. The van der Waals surface area contributed by atoms with Gasteiger partial charge in [0.1, 0.15) is 17.8 Å². The molecule has 1 aliphatic rings. The molecule has 0 aliphatic carbocycles. The zero-order valence-electron chi connectivity index (χ0n) is 11.3. The van der Waals surface area contributed by atoms with Crippen LogP contribution in [0.3, 0.4) is 0 Å². The minimum absolute atomic E-state index is 0.774. The van der Waals surface area contributed by atoms with E-state index in [4.69, 9.17) is 11.6 Å². The maximum Gasteiger partial charge on any atom is 0.143 e. The number of piperazine rings is 1. The van der Waals surface area contributed by atoms with Gasteiger partial charge in [0, 0.05) is 37.9 Å². The predicted octanol–water partition coefficient (Wildman–Crippen LogP) is 2.75. The lowest BCUT2D eigenvalue weighted by molar-refractivity contribution is 0.586. The number of nitrogens with zero attached hydrogens (tertiary/aromatic N) is 3. The molecule has 1 aliphatic heterocycles. The molecule has 0 unspecified atom stereocenters. The van der Waals surface area contributed by atoms with E-state index in [1.165, 1.54) is 0 Å². The van der Waals surface area contributed by atoms with E-state index in [9.17, 15) is 0 Å². The third-order valence-corrected chi connectivity index (χ3v) is 5.10. The van der Waals surface area contributed by atoms with Crippen LogP contribution in [0.1, 0.15) is 0 Å². The first-order chi connectivity index (χ1) is 10.3. The normalized spacial score (nSPS) is 15.8. The number of hydrogen-bond acceptors (Lipinski definition) is 5. The molecule has 0 amide bonds. The van der Waals surface area contributed by atoms with E-state index in [1.807, 2.05) is 17.6 Å². The van der Waals surface area contributed by atoms with E-state index in [-0.39, 0.29) is 0 Å². The molecule has 3 aromatic heterocycles. The average Bonchev–Trinajstić information content (AvgIpc) is 3.13. The van der Waals surface area contributed by atoms with Crippen LogP contribution in [0.25, 0.3) is 21.5 Å². The van der Waals surface area contributed by atoms with Gasteiger partial charge in [-0.05, 0) is 11.4 Å². The standard InChI is InChI=1S/C14H14ClN5S/c15-10-1-6-21-12(10)9-7-17-13-11(9)14(19-8-18-13)20-4-2-16-3-5-20/h1,6-8,16H,2-5H2,(H,17,18,19). The summed E-state index contributed by atoms with van der Waals surface area (Å²) in [5.74, 6) is 0.988. The molecule has 0 spiro atoms. The number of anilines is 1. The van der Waals surface area contributed by atoms with Gasteiger partial charge in [0.2, 0.25) is 0 Å². The van der Waals surface area contributed by atoms with Crippen LogP contribution in [-0.4, -0.2) is 41.1 Å². The topological polar surface area (TPSA) is 56.8 Å². The molecule has 0 bridgehead atoms. The minimum atomic E-state index is 0.774. The zero-order valence-corrected chi connectivity index (χ0v) is 12.8. The van der Waals surface area contributed by atoms with Crippen LogP contribution in [0.2, 0.25) is 5.02 Å². The third-order valence-electron chi connectivity index (χ3n) is 3.73. The van der Waals surface area contributed by atoms with Crippen molar-refractivity contribution in [3.63, 3.8) is 0 Å². The summed E-state index contributed by atoms with van der Waals surface area (Å²) in [7, 11) is 0. The van der Waals surface area contributed by atoms with Crippen molar-refractivity contribution in [1.29, 1.82) is 0 Å². The van der Waals surface area contributed by atoms with Crippen molar-refractivity contribution in [2.24, 2.45) is 0 Å². The van der Waals surface area contributed by atoms with Gasteiger partial charge in [-0.3, -0.25) is 0 Å². The second-order valence-electron chi connectivity index (χ2n) is 4.96. The van der Waals surface area contributed by atoms with Crippen molar-refractivity contribution in [2.75, 3.05) is 31.1 Å². The Bertz CT molecular complexity index is 775. The van der Waals surface area contributed by atoms with E-state index in [2.05, 4.69) is 25.2 Å². The highest BCUT2D eigenvalue weighted by molar-refractivity contribution is 7.14. The number of nitrogens with one attached hydrogen (secondary N) is 2. The van der Waals surface area contributed by atoms with Crippen LogP contribution in [0.15, 0.2) is 24.0 Å². The van der Waals surface area contributed by atoms with Gasteiger partial charge in [-0.2, -0.15) is 0 Å². The van der Waals surface area contributed by atoms with E-state index < -0.39 is 0 Å². The van der Waals surface area contributed by atoms with Gasteiger partial charge in [-0.25, -0.2) is 9.97 Å². The molecule has 0 saturated carbocycles. The summed E-state index contributed by atoms with van der Waals surface area (Å²) in [4.78, 5) is 15.5. The van der Waals surface area contributed by atoms with Gasteiger partial charge >= 0.3 is 0 Å². The molecule has 21 heavy (non-hydrogen) atoms. The van der Waals surface area contributed by atoms with Crippen molar-refractivity contribution in [3.8, 4) is 10.4 Å². The molecule has 1 saturated heterocycles. The largest absolute Gasteiger partial charge is 0.353 e. The first kappa shape index (κ1) is 13.1. The van der Waals surface area contributed by atoms with Crippen molar-refractivity contribution >= 4 is 39.8 Å². The first-order valence-corrected chi connectivity index (χ1v) is 8.11. The highest BCUT2D eigenvalue weighted by Gasteiger charge is 2.20. The molecule has 7 heteroatoms. The lowest BCUT2D eigenvalue weighted by Gasteiger charge is -2.28. The lowest BCUT2D eigenvalue weighted by Crippen LogP contribution is -2.44. The molecule has 4 heterocycles. The summed E-state index contributed by atoms with van der Waals surface area (Å²) in [5, 5.41) is 7.20. The fourth-order valence-electron chi connectivity index (χ4n) is 2.73. The maximum absolute atomic E-state index is 6.30. The fraction of sp³-hybridized carbons (Fsp3) is 0.286. The summed E-state index contributed by atoms with van der Waals surface area (Å²) in [6.45, 7) is 3.86. The second kappa shape index (κ2) is 5.29. The quantitative estimate of drug-likeness (QED) is 0.762. The Balaban J connectivity index is 1.91. The van der Waals surface area contributed by atoms with E-state index in [1.54, 1.807) is 17.7 Å². The minimum Gasteiger partial charge on any atom is -0.353 e. The van der Waals surface area contributed by atoms with E-state index >= 15 is 0 Å². The smallest absolute Gasteiger partial charge is 0.143 e. The highest BCUT2D eigenvalue weighted by atomic mass is 35.5. The SMILES string of the molecule is Clc1ccsc1-c1c[nH]c2ncnc(N3CCNCC3)c12. The number of H-pyrrole nitrogens is 1. The first-order valence-electron chi connectivity index (χ1n) is 6.85. The summed E-state index contributed by atoms with van der Waals surface area (Å²) < 4.78 is 0. The van der Waals surface area contributed by atoms with Gasteiger partial charge in [-0.15, -0.1) is 11.3 Å². The Hall–Kier alpha value is -1.63. The molecule has 0 radical (unpaired) electrons. The predicted molar refractivity (Wildman–Crippen MR) is 87.3 cm³/mol. The highest BCUT2D eigenvalue weighted by Crippen LogP contribution is 2.40. The number of fused-ring (bicyclic) bond motifs is 1. The number of thiophene rings is 1. The Morgan fingerprint density at radius 1 is 1.24 bits per heavy atom. The van der Waals surface area contributed by atoms with Crippen molar-refractivity contribution in [1.82, 2.24) is 20.3 Å². The zero-order chi connectivity index (χ0) is 14.2. The van der Waals surface area contributed by atoms with Crippen molar-refractivity contribution in [3.05, 3.63) is 29.0 Å². The Morgan fingerprint density at radius 3 is 2.86 bits per heavy atom. The molecule has 0 atom stereocenters. The van der Waals surface area contributed by atoms with Crippen LogP contribution in [0.4, 0.5) is 5.82 Å². The Kier molecular flexibility index (Phi) is 3.29. The summed E-state index contributed by atoms with van der Waals surface area (Å²) in [5.41, 5.74) is 1.94. The van der Waals surface area contributed by atoms with E-state index in [0.29, 0.717) is 0 Å². The maximum atomic E-state index is 6.30. The molecular weight excluding hydrogens is 306 g/mol. The Labute approximate surface area is 131 Å². The molecule has 1 fully saturated rings. The number of aromatic amines is 1. The van der Waals surface area contributed by atoms with Crippen molar-refractivity contribution in [2.45, 2.75) is 0 Å². The van der Waals surface area contributed by atoms with Crippen LogP contribution in [-0.2, 0) is 0 Å². The molecular formula is C14H14ClN5S. The summed E-state index contributed by atoms with van der Waals surface area (Å²) in [6, 6.07) is 1.93. The number of halogens is 1. The number of rotatable bonds is 2. The molecule has 2 N–H and O–H groups in total. The van der Waals surface area contributed by atoms with Gasteiger partial charge < -0.3 is 15.2 Å². The number of hydrogen-bond donors (Lipinski definition) is 2. The van der Waals surface area contributed by atoms with Crippen molar-refractivity contribution < 1.29 is 0 Å². The fourth-order valence-corrected chi connectivity index (χ4v) is 3.91. The van der Waals surface area contributed by atoms with Gasteiger partial charge in [-0.1, -0.05) is 11.6 Å². The molecule has 3 aromatic rings. The molecule has 5 nitrogen and oxygen atoms in total.